The lowest BCUT2D eigenvalue weighted by atomic mass is 10.3. The van der Waals surface area contributed by atoms with Crippen molar-refractivity contribution in [3.8, 4) is 11.8 Å². The number of halogens is 2. The monoisotopic (exact) mass is 307 g/mol. The molecule has 0 aliphatic heterocycles. The largest absolute Gasteiger partial charge is 0.433 e. The Balaban J connectivity index is 1.88. The van der Waals surface area contributed by atoms with Crippen molar-refractivity contribution in [2.24, 2.45) is 0 Å². The van der Waals surface area contributed by atoms with Crippen molar-refractivity contribution in [3.63, 3.8) is 0 Å². The molecule has 1 fully saturated rings. The van der Waals surface area contributed by atoms with Gasteiger partial charge in [0.25, 0.3) is 0 Å². The molecule has 21 heavy (non-hydrogen) atoms. The summed E-state index contributed by atoms with van der Waals surface area (Å²) in [4.78, 5) is 4.85. The van der Waals surface area contributed by atoms with E-state index >= 15 is 0 Å². The second kappa shape index (κ2) is 5.66. The normalized spacial score (nSPS) is 14.0. The molecule has 0 radical (unpaired) electrons. The third-order valence-corrected chi connectivity index (χ3v) is 4.15. The van der Waals surface area contributed by atoms with E-state index in [9.17, 15) is 8.78 Å². The number of hydrogen-bond acceptors (Lipinski definition) is 5. The quantitative estimate of drug-likeness (QED) is 0.897. The number of nitrogens with zero attached hydrogens (tertiary/aromatic N) is 2. The fourth-order valence-corrected chi connectivity index (χ4v) is 2.89. The third-order valence-electron chi connectivity index (χ3n) is 3.03. The molecule has 0 saturated heterocycles. The van der Waals surface area contributed by atoms with Gasteiger partial charge in [-0.3, -0.25) is 0 Å². The molecule has 0 atom stereocenters. The van der Waals surface area contributed by atoms with Gasteiger partial charge in [0.2, 0.25) is 0 Å². The summed E-state index contributed by atoms with van der Waals surface area (Å²) in [6, 6.07) is 8.43. The van der Waals surface area contributed by atoms with E-state index in [4.69, 9.17) is 5.26 Å². The van der Waals surface area contributed by atoms with E-state index in [1.54, 1.807) is 18.2 Å². The highest BCUT2D eigenvalue weighted by molar-refractivity contribution is 7.12. The van der Waals surface area contributed by atoms with Crippen LogP contribution in [0.1, 0.15) is 28.6 Å². The van der Waals surface area contributed by atoms with Crippen molar-refractivity contribution in [3.05, 3.63) is 34.2 Å². The van der Waals surface area contributed by atoms with Gasteiger partial charge in [-0.2, -0.15) is 14.0 Å². The summed E-state index contributed by atoms with van der Waals surface area (Å²) in [5, 5.41) is 13.0. The van der Waals surface area contributed by atoms with Gasteiger partial charge in [-0.15, -0.1) is 11.3 Å². The molecule has 1 aliphatic rings. The van der Waals surface area contributed by atoms with Crippen LogP contribution in [-0.4, -0.2) is 11.6 Å². The predicted molar refractivity (Wildman–Crippen MR) is 75.2 cm³/mol. The van der Waals surface area contributed by atoms with Crippen molar-refractivity contribution in [1.29, 1.82) is 5.26 Å². The molecule has 0 bridgehead atoms. The van der Waals surface area contributed by atoms with Crippen LogP contribution in [0.15, 0.2) is 24.3 Å². The highest BCUT2D eigenvalue weighted by Gasteiger charge is 2.28. The van der Waals surface area contributed by atoms with E-state index in [0.717, 1.165) is 17.8 Å². The molecule has 1 aromatic heterocycles. The molecule has 0 unspecified atom stereocenters. The zero-order valence-electron chi connectivity index (χ0n) is 10.8. The zero-order valence-corrected chi connectivity index (χ0v) is 11.7. The Labute approximate surface area is 124 Å². The molecule has 0 spiro atoms. The van der Waals surface area contributed by atoms with Crippen LogP contribution in [0.5, 0.6) is 5.75 Å². The Bertz CT molecular complexity index is 692. The fraction of sp³-hybridized carbons (Fsp3) is 0.286. The van der Waals surface area contributed by atoms with E-state index in [1.807, 2.05) is 0 Å². The van der Waals surface area contributed by atoms with Crippen molar-refractivity contribution >= 4 is 22.8 Å². The van der Waals surface area contributed by atoms with E-state index in [-0.39, 0.29) is 5.75 Å². The SMILES string of the molecule is N#Cc1sc(C2CC2)nc1Nc1ccccc1OC(F)F. The first-order chi connectivity index (χ1) is 10.2. The van der Waals surface area contributed by atoms with Crippen molar-refractivity contribution in [1.82, 2.24) is 4.98 Å². The average Bonchev–Trinajstić information content (AvgIpc) is 3.22. The Hall–Kier alpha value is -2.20. The molecular weight excluding hydrogens is 296 g/mol. The maximum absolute atomic E-state index is 12.4. The molecular formula is C14H11F2N3OS. The molecule has 7 heteroatoms. The predicted octanol–water partition coefficient (Wildman–Crippen LogP) is 4.24. The first-order valence-corrected chi connectivity index (χ1v) is 7.20. The van der Waals surface area contributed by atoms with Crippen molar-refractivity contribution in [2.75, 3.05) is 5.32 Å². The first kappa shape index (κ1) is 13.8. The van der Waals surface area contributed by atoms with Crippen molar-refractivity contribution in [2.45, 2.75) is 25.4 Å². The molecule has 108 valence electrons. The van der Waals surface area contributed by atoms with Gasteiger partial charge in [-0.05, 0) is 25.0 Å². The number of nitrogens with one attached hydrogen (secondary N) is 1. The minimum atomic E-state index is -2.90. The van der Waals surface area contributed by atoms with E-state index in [1.165, 1.54) is 17.4 Å². The highest BCUT2D eigenvalue weighted by atomic mass is 32.1. The van der Waals surface area contributed by atoms with E-state index < -0.39 is 6.61 Å². The molecule has 3 rings (SSSR count). The van der Waals surface area contributed by atoms with Gasteiger partial charge >= 0.3 is 6.61 Å². The Morgan fingerprint density at radius 2 is 2.14 bits per heavy atom. The summed E-state index contributed by atoms with van der Waals surface area (Å²) in [5.41, 5.74) is 0.363. The van der Waals surface area contributed by atoms with Gasteiger partial charge in [-0.25, -0.2) is 4.98 Å². The van der Waals surface area contributed by atoms with Gasteiger partial charge < -0.3 is 10.1 Å². The minimum Gasteiger partial charge on any atom is -0.433 e. The van der Waals surface area contributed by atoms with Crippen LogP contribution in [0, 0.1) is 11.3 Å². The van der Waals surface area contributed by atoms with Crippen LogP contribution in [-0.2, 0) is 0 Å². The van der Waals surface area contributed by atoms with Crippen LogP contribution in [0.25, 0.3) is 0 Å². The topological polar surface area (TPSA) is 57.9 Å². The standard InChI is InChI=1S/C14H11F2N3OS/c15-14(16)20-10-4-2-1-3-9(10)18-12-11(7-17)21-13(19-12)8-5-6-8/h1-4,8,14,18H,5-6H2. The van der Waals surface area contributed by atoms with E-state index in [0.29, 0.717) is 22.3 Å². The Morgan fingerprint density at radius 3 is 2.81 bits per heavy atom. The molecule has 1 heterocycles. The number of thiazole rings is 1. The lowest BCUT2D eigenvalue weighted by Crippen LogP contribution is -2.04. The van der Waals surface area contributed by atoms with Crippen LogP contribution in [0.3, 0.4) is 0 Å². The lowest BCUT2D eigenvalue weighted by Gasteiger charge is -2.11. The second-order valence-corrected chi connectivity index (χ2v) is 5.65. The molecule has 1 N–H and O–H groups in total. The number of benzene rings is 1. The van der Waals surface area contributed by atoms with Gasteiger partial charge in [0, 0.05) is 5.92 Å². The number of anilines is 2. The highest BCUT2D eigenvalue weighted by Crippen LogP contribution is 2.44. The van der Waals surface area contributed by atoms with Crippen molar-refractivity contribution < 1.29 is 13.5 Å². The molecule has 0 amide bonds. The lowest BCUT2D eigenvalue weighted by molar-refractivity contribution is -0.0493. The van der Waals surface area contributed by atoms with Gasteiger partial charge in [0.05, 0.1) is 10.7 Å². The third kappa shape index (κ3) is 3.11. The van der Waals surface area contributed by atoms with Crippen LogP contribution in [0.4, 0.5) is 20.3 Å². The Kier molecular flexibility index (Phi) is 3.71. The number of ether oxygens (including phenoxy) is 1. The molecule has 4 nitrogen and oxygen atoms in total. The molecule has 2 aromatic rings. The molecule has 1 aliphatic carbocycles. The average molecular weight is 307 g/mol. The number of nitriles is 1. The smallest absolute Gasteiger partial charge is 0.387 e. The number of para-hydroxylation sites is 2. The van der Waals surface area contributed by atoms with Crippen LogP contribution < -0.4 is 10.1 Å². The van der Waals surface area contributed by atoms with E-state index in [2.05, 4.69) is 21.1 Å². The van der Waals surface area contributed by atoms with Gasteiger partial charge in [0.15, 0.2) is 5.82 Å². The minimum absolute atomic E-state index is 0.0253. The summed E-state index contributed by atoms with van der Waals surface area (Å²) in [6.45, 7) is -2.90. The van der Waals surface area contributed by atoms with Gasteiger partial charge in [-0.1, -0.05) is 12.1 Å². The van der Waals surface area contributed by atoms with Crippen LogP contribution >= 0.6 is 11.3 Å². The Morgan fingerprint density at radius 1 is 1.38 bits per heavy atom. The summed E-state index contributed by atoms with van der Waals surface area (Å²) >= 11 is 1.35. The zero-order chi connectivity index (χ0) is 14.8. The summed E-state index contributed by atoms with van der Waals surface area (Å²) in [6.07, 6.45) is 2.17. The molecule has 1 saturated carbocycles. The number of alkyl halides is 2. The summed E-state index contributed by atoms with van der Waals surface area (Å²) in [7, 11) is 0. The summed E-state index contributed by atoms with van der Waals surface area (Å²) < 4.78 is 29.2. The first-order valence-electron chi connectivity index (χ1n) is 6.39. The fourth-order valence-electron chi connectivity index (χ4n) is 1.90. The maximum Gasteiger partial charge on any atom is 0.387 e. The second-order valence-electron chi connectivity index (χ2n) is 4.62. The number of aromatic nitrogens is 1. The maximum atomic E-state index is 12.4. The summed E-state index contributed by atoms with van der Waals surface area (Å²) in [5.74, 6) is 0.859. The number of rotatable bonds is 5. The number of hydrogen-bond donors (Lipinski definition) is 1. The van der Waals surface area contributed by atoms with Crippen LogP contribution in [0.2, 0.25) is 0 Å². The van der Waals surface area contributed by atoms with Gasteiger partial charge in [0.1, 0.15) is 16.7 Å². The molecule has 1 aromatic carbocycles.